The first-order valence-corrected chi connectivity index (χ1v) is 5.63. The molecule has 0 aromatic carbocycles. The van der Waals surface area contributed by atoms with Gasteiger partial charge in [-0.25, -0.2) is 9.93 Å². The molecule has 96 valence electrons. The molecule has 0 spiro atoms. The lowest BCUT2D eigenvalue weighted by Gasteiger charge is -2.09. The van der Waals surface area contributed by atoms with Gasteiger partial charge >= 0.3 is 12.1 Å². The Kier molecular flexibility index (Phi) is 5.16. The summed E-state index contributed by atoms with van der Waals surface area (Å²) in [5.74, 6) is -2.76. The highest BCUT2D eigenvalue weighted by Gasteiger charge is 2.38. The second-order valence-electron chi connectivity index (χ2n) is 2.95. The van der Waals surface area contributed by atoms with Crippen molar-refractivity contribution in [1.82, 2.24) is 4.31 Å². The second kappa shape index (κ2) is 5.46. The number of hydrogen-bond acceptors (Lipinski definition) is 3. The van der Waals surface area contributed by atoms with Gasteiger partial charge in [0.15, 0.2) is 0 Å². The van der Waals surface area contributed by atoms with E-state index in [0.717, 1.165) is 12.8 Å². The monoisotopic (exact) mass is 264 g/mol. The molecule has 1 rings (SSSR count). The summed E-state index contributed by atoms with van der Waals surface area (Å²) in [6.45, 7) is 1.19. The Labute approximate surface area is 90.0 Å². The Hall–Kier alpha value is -0.870. The molecule has 6 nitrogen and oxygen atoms in total. The number of halogens is 3. The van der Waals surface area contributed by atoms with Crippen LogP contribution in [0.2, 0.25) is 0 Å². The quantitative estimate of drug-likeness (QED) is 0.691. The highest BCUT2D eigenvalue weighted by atomic mass is 32.2. The highest BCUT2D eigenvalue weighted by molar-refractivity contribution is 7.86. The third-order valence-corrected chi connectivity index (χ3v) is 2.75. The van der Waals surface area contributed by atoms with E-state index in [9.17, 15) is 21.6 Å². The molecular formula is C6H11F3N2O4S. The fraction of sp³-hybridized carbons (Fsp3) is 0.833. The summed E-state index contributed by atoms with van der Waals surface area (Å²) in [7, 11) is -3.37. The number of carbonyl (C=O) groups is 1. The van der Waals surface area contributed by atoms with E-state index in [1.165, 1.54) is 4.31 Å². The molecular weight excluding hydrogens is 253 g/mol. The topological polar surface area (TPSA) is 101 Å². The van der Waals surface area contributed by atoms with E-state index in [-0.39, 0.29) is 0 Å². The molecule has 0 unspecified atom stereocenters. The molecule has 1 fully saturated rings. The smallest absolute Gasteiger partial charge is 0.475 e. The standard InChI is InChI=1S/C4H10N2O2S.C2HF3O2/c5-9(7,8)6-3-1-2-4-6;3-2(4,5)1(6)7/h1-4H2,(H2,5,7,8);(H,6,7). The van der Waals surface area contributed by atoms with Crippen LogP contribution in [0.1, 0.15) is 12.8 Å². The van der Waals surface area contributed by atoms with Crippen LogP contribution in [0.4, 0.5) is 13.2 Å². The van der Waals surface area contributed by atoms with E-state index in [0.29, 0.717) is 13.1 Å². The van der Waals surface area contributed by atoms with Crippen molar-refractivity contribution >= 4 is 16.2 Å². The zero-order valence-corrected chi connectivity index (χ0v) is 8.88. The molecule has 10 heteroatoms. The molecule has 1 aliphatic heterocycles. The van der Waals surface area contributed by atoms with Gasteiger partial charge in [0, 0.05) is 13.1 Å². The number of aliphatic carboxylic acids is 1. The van der Waals surface area contributed by atoms with E-state index in [1.807, 2.05) is 0 Å². The summed E-state index contributed by atoms with van der Waals surface area (Å²) in [4.78, 5) is 8.90. The van der Waals surface area contributed by atoms with Crippen molar-refractivity contribution in [1.29, 1.82) is 0 Å². The zero-order valence-electron chi connectivity index (χ0n) is 8.07. The summed E-state index contributed by atoms with van der Waals surface area (Å²) in [5, 5.41) is 12.0. The minimum Gasteiger partial charge on any atom is -0.475 e. The van der Waals surface area contributed by atoms with Crippen LogP contribution in [0.25, 0.3) is 0 Å². The van der Waals surface area contributed by atoms with Gasteiger partial charge in [-0.1, -0.05) is 0 Å². The van der Waals surface area contributed by atoms with Crippen molar-refractivity contribution in [3.8, 4) is 0 Å². The van der Waals surface area contributed by atoms with Gasteiger partial charge in [0.1, 0.15) is 0 Å². The van der Waals surface area contributed by atoms with E-state index in [4.69, 9.17) is 15.0 Å². The van der Waals surface area contributed by atoms with E-state index in [1.54, 1.807) is 0 Å². The lowest BCUT2D eigenvalue weighted by Crippen LogP contribution is -2.33. The molecule has 0 aromatic heterocycles. The van der Waals surface area contributed by atoms with Gasteiger partial charge in [0.25, 0.3) is 10.2 Å². The Morgan fingerprint density at radius 2 is 1.56 bits per heavy atom. The van der Waals surface area contributed by atoms with Crippen LogP contribution in [-0.4, -0.2) is 43.1 Å². The van der Waals surface area contributed by atoms with Crippen molar-refractivity contribution in [2.45, 2.75) is 19.0 Å². The minimum absolute atomic E-state index is 0.596. The number of rotatable bonds is 1. The van der Waals surface area contributed by atoms with Crippen LogP contribution in [-0.2, 0) is 15.0 Å². The average Bonchev–Trinajstić information content (AvgIpc) is 2.52. The fourth-order valence-electron chi connectivity index (χ4n) is 0.943. The Balaban J connectivity index is 0.000000293. The summed E-state index contributed by atoms with van der Waals surface area (Å²) in [6.07, 6.45) is -3.20. The first-order valence-electron chi connectivity index (χ1n) is 4.13. The number of carboxylic acid groups (broad SMARTS) is 1. The molecule has 0 radical (unpaired) electrons. The van der Waals surface area contributed by atoms with Gasteiger partial charge in [-0.15, -0.1) is 0 Å². The van der Waals surface area contributed by atoms with Crippen LogP contribution in [0.5, 0.6) is 0 Å². The SMILES string of the molecule is NS(=O)(=O)N1CCCC1.O=C(O)C(F)(F)F. The number of nitrogens with two attached hydrogens (primary N) is 1. The van der Waals surface area contributed by atoms with E-state index >= 15 is 0 Å². The molecule has 3 N–H and O–H groups in total. The minimum atomic E-state index is -5.08. The van der Waals surface area contributed by atoms with Crippen LogP contribution in [0, 0.1) is 0 Å². The fourth-order valence-corrected chi connectivity index (χ4v) is 1.71. The first kappa shape index (κ1) is 15.1. The van der Waals surface area contributed by atoms with E-state index in [2.05, 4.69) is 0 Å². The Morgan fingerprint density at radius 1 is 1.25 bits per heavy atom. The van der Waals surface area contributed by atoms with Gasteiger partial charge in [-0.2, -0.15) is 25.9 Å². The Morgan fingerprint density at radius 3 is 1.69 bits per heavy atom. The molecule has 0 atom stereocenters. The van der Waals surface area contributed by atoms with Gasteiger partial charge < -0.3 is 5.11 Å². The molecule has 0 amide bonds. The third-order valence-electron chi connectivity index (χ3n) is 1.67. The van der Waals surface area contributed by atoms with Crippen LogP contribution >= 0.6 is 0 Å². The molecule has 1 saturated heterocycles. The lowest BCUT2D eigenvalue weighted by molar-refractivity contribution is -0.192. The van der Waals surface area contributed by atoms with Crippen molar-refractivity contribution in [2.24, 2.45) is 5.14 Å². The molecule has 0 aliphatic carbocycles. The summed E-state index contributed by atoms with van der Waals surface area (Å²) in [5.41, 5.74) is 0. The molecule has 0 aromatic rings. The van der Waals surface area contributed by atoms with Crippen LogP contribution in [0.15, 0.2) is 0 Å². The average molecular weight is 264 g/mol. The van der Waals surface area contributed by atoms with Crippen LogP contribution < -0.4 is 5.14 Å². The molecule has 16 heavy (non-hydrogen) atoms. The van der Waals surface area contributed by atoms with Gasteiger partial charge in [-0.3, -0.25) is 0 Å². The molecule has 0 bridgehead atoms. The zero-order chi connectivity index (χ0) is 13.0. The summed E-state index contributed by atoms with van der Waals surface area (Å²) in [6, 6.07) is 0. The summed E-state index contributed by atoms with van der Waals surface area (Å²) >= 11 is 0. The predicted molar refractivity (Wildman–Crippen MR) is 47.6 cm³/mol. The number of alkyl halides is 3. The first-order chi connectivity index (χ1) is 7.05. The van der Waals surface area contributed by atoms with Crippen LogP contribution in [0.3, 0.4) is 0 Å². The van der Waals surface area contributed by atoms with Gasteiger partial charge in [-0.05, 0) is 12.8 Å². The maximum absolute atomic E-state index is 10.6. The maximum Gasteiger partial charge on any atom is 0.490 e. The highest BCUT2D eigenvalue weighted by Crippen LogP contribution is 2.13. The van der Waals surface area contributed by atoms with E-state index < -0.39 is 22.4 Å². The largest absolute Gasteiger partial charge is 0.490 e. The number of nitrogens with zero attached hydrogens (tertiary/aromatic N) is 1. The third kappa shape index (κ3) is 5.88. The van der Waals surface area contributed by atoms with Gasteiger partial charge in [0.2, 0.25) is 0 Å². The number of carboxylic acids is 1. The normalized spacial score (nSPS) is 17.8. The Bertz CT molecular complexity index is 334. The second-order valence-corrected chi connectivity index (χ2v) is 4.50. The lowest BCUT2D eigenvalue weighted by atomic mass is 10.4. The van der Waals surface area contributed by atoms with Crippen molar-refractivity contribution < 1.29 is 31.5 Å². The number of hydrogen-bond donors (Lipinski definition) is 2. The van der Waals surface area contributed by atoms with Crippen molar-refractivity contribution in [3.63, 3.8) is 0 Å². The summed E-state index contributed by atoms with van der Waals surface area (Å²) < 4.78 is 54.1. The molecule has 0 saturated carbocycles. The predicted octanol–water partition coefficient (Wildman–Crippen LogP) is -0.0810. The van der Waals surface area contributed by atoms with Gasteiger partial charge in [0.05, 0.1) is 0 Å². The molecule has 1 aliphatic rings. The maximum atomic E-state index is 10.6. The van der Waals surface area contributed by atoms with Crippen molar-refractivity contribution in [2.75, 3.05) is 13.1 Å². The van der Waals surface area contributed by atoms with Crippen molar-refractivity contribution in [3.05, 3.63) is 0 Å². The molecule has 1 heterocycles.